The third-order valence-electron chi connectivity index (χ3n) is 4.99. The van der Waals surface area contributed by atoms with Gasteiger partial charge in [-0.2, -0.15) is 5.10 Å². The van der Waals surface area contributed by atoms with Gasteiger partial charge in [0.1, 0.15) is 0 Å². The number of nitrogens with zero attached hydrogens (tertiary/aromatic N) is 1. The number of para-hydroxylation sites is 2. The molecule has 0 fully saturated rings. The molecule has 186 valence electrons. The molecule has 3 aromatic carbocycles. The SMILES string of the molecule is CCOc1cc(/C=N\NC(=O)C(=O)Nc2c(C)cccc2C)ccc1OCC(=O)Nc1ccccc1. The molecule has 0 aromatic heterocycles. The van der Waals surface area contributed by atoms with Crippen LogP contribution in [-0.2, 0) is 14.4 Å². The number of rotatable bonds is 9. The van der Waals surface area contributed by atoms with Crippen LogP contribution in [0.4, 0.5) is 11.4 Å². The second kappa shape index (κ2) is 12.7. The summed E-state index contributed by atoms with van der Waals surface area (Å²) in [6, 6.07) is 19.6. The maximum atomic E-state index is 12.2. The van der Waals surface area contributed by atoms with Crippen LogP contribution in [0.2, 0.25) is 0 Å². The summed E-state index contributed by atoms with van der Waals surface area (Å²) in [5.74, 6) is -1.24. The number of carbonyl (C=O) groups is 3. The summed E-state index contributed by atoms with van der Waals surface area (Å²) < 4.78 is 11.2. The van der Waals surface area contributed by atoms with Crippen LogP contribution in [0, 0.1) is 13.8 Å². The largest absolute Gasteiger partial charge is 0.490 e. The Bertz CT molecular complexity index is 1240. The standard InChI is InChI=1S/C27H28N4O5/c1-4-35-23-15-20(13-14-22(23)36-17-24(32)29-21-11-6-5-7-12-21)16-28-31-27(34)26(33)30-25-18(2)9-8-10-19(25)3/h5-16H,4,17H2,1-3H3,(H,29,32)(H,30,33)(H,31,34)/b28-16-. The van der Waals surface area contributed by atoms with Crippen LogP contribution < -0.4 is 25.5 Å². The first-order valence-corrected chi connectivity index (χ1v) is 11.3. The zero-order valence-electron chi connectivity index (χ0n) is 20.3. The lowest BCUT2D eigenvalue weighted by atomic mass is 10.1. The number of benzene rings is 3. The Balaban J connectivity index is 1.57. The van der Waals surface area contributed by atoms with Crippen LogP contribution in [0.3, 0.4) is 0 Å². The Morgan fingerprint density at radius 3 is 2.25 bits per heavy atom. The fourth-order valence-electron chi connectivity index (χ4n) is 3.25. The van der Waals surface area contributed by atoms with Crippen LogP contribution in [0.5, 0.6) is 11.5 Å². The molecule has 0 aliphatic carbocycles. The Kier molecular flexibility index (Phi) is 9.16. The summed E-state index contributed by atoms with van der Waals surface area (Å²) >= 11 is 0. The molecule has 36 heavy (non-hydrogen) atoms. The lowest BCUT2D eigenvalue weighted by Gasteiger charge is -2.12. The van der Waals surface area contributed by atoms with Gasteiger partial charge in [-0.25, -0.2) is 5.43 Å². The molecule has 0 aliphatic rings. The van der Waals surface area contributed by atoms with E-state index >= 15 is 0 Å². The summed E-state index contributed by atoms with van der Waals surface area (Å²) in [4.78, 5) is 36.5. The maximum absolute atomic E-state index is 12.2. The van der Waals surface area contributed by atoms with Crippen molar-refractivity contribution in [2.75, 3.05) is 23.8 Å². The Hall–Kier alpha value is -4.66. The predicted octanol–water partition coefficient (Wildman–Crippen LogP) is 3.81. The molecule has 0 saturated heterocycles. The van der Waals surface area contributed by atoms with Crippen molar-refractivity contribution in [1.29, 1.82) is 0 Å². The van der Waals surface area contributed by atoms with E-state index in [1.165, 1.54) is 6.21 Å². The molecule has 0 unspecified atom stereocenters. The van der Waals surface area contributed by atoms with Gasteiger partial charge in [0.05, 0.1) is 12.8 Å². The monoisotopic (exact) mass is 488 g/mol. The van der Waals surface area contributed by atoms with Crippen LogP contribution in [0.15, 0.2) is 71.8 Å². The van der Waals surface area contributed by atoms with Crippen molar-refractivity contribution < 1.29 is 23.9 Å². The van der Waals surface area contributed by atoms with Crippen molar-refractivity contribution in [1.82, 2.24) is 5.43 Å². The quantitative estimate of drug-likeness (QED) is 0.241. The first kappa shape index (κ1) is 26.0. The van der Waals surface area contributed by atoms with Gasteiger partial charge in [0.2, 0.25) is 0 Å². The highest BCUT2D eigenvalue weighted by molar-refractivity contribution is 6.39. The fraction of sp³-hybridized carbons (Fsp3) is 0.185. The van der Waals surface area contributed by atoms with Gasteiger partial charge in [-0.3, -0.25) is 14.4 Å². The summed E-state index contributed by atoms with van der Waals surface area (Å²) in [6.45, 7) is 5.69. The number of ether oxygens (including phenoxy) is 2. The minimum absolute atomic E-state index is 0.200. The summed E-state index contributed by atoms with van der Waals surface area (Å²) in [7, 11) is 0. The van der Waals surface area contributed by atoms with E-state index in [9.17, 15) is 14.4 Å². The molecule has 0 atom stereocenters. The van der Waals surface area contributed by atoms with Crippen LogP contribution in [-0.4, -0.2) is 37.1 Å². The van der Waals surface area contributed by atoms with E-state index in [0.717, 1.165) is 11.1 Å². The van der Waals surface area contributed by atoms with E-state index in [2.05, 4.69) is 21.2 Å². The van der Waals surface area contributed by atoms with Gasteiger partial charge < -0.3 is 20.1 Å². The molecule has 3 N–H and O–H groups in total. The van der Waals surface area contributed by atoms with E-state index in [4.69, 9.17) is 9.47 Å². The van der Waals surface area contributed by atoms with Gasteiger partial charge in [-0.05, 0) is 67.8 Å². The lowest BCUT2D eigenvalue weighted by Crippen LogP contribution is -2.32. The van der Waals surface area contributed by atoms with E-state index < -0.39 is 11.8 Å². The molecule has 9 heteroatoms. The fourth-order valence-corrected chi connectivity index (χ4v) is 3.25. The lowest BCUT2D eigenvalue weighted by molar-refractivity contribution is -0.136. The third-order valence-corrected chi connectivity index (χ3v) is 4.99. The predicted molar refractivity (Wildman–Crippen MR) is 138 cm³/mol. The molecule has 3 rings (SSSR count). The van der Waals surface area contributed by atoms with E-state index in [-0.39, 0.29) is 12.5 Å². The number of carbonyl (C=O) groups excluding carboxylic acids is 3. The summed E-state index contributed by atoms with van der Waals surface area (Å²) in [6.07, 6.45) is 1.37. The van der Waals surface area contributed by atoms with Gasteiger partial charge in [0.25, 0.3) is 5.91 Å². The number of aryl methyl sites for hydroxylation is 2. The second-order valence-corrected chi connectivity index (χ2v) is 7.76. The van der Waals surface area contributed by atoms with Gasteiger partial charge in [0, 0.05) is 11.4 Å². The normalized spacial score (nSPS) is 10.5. The van der Waals surface area contributed by atoms with Gasteiger partial charge in [-0.15, -0.1) is 0 Å². The van der Waals surface area contributed by atoms with E-state index in [1.807, 2.05) is 57.2 Å². The first-order valence-electron chi connectivity index (χ1n) is 11.3. The highest BCUT2D eigenvalue weighted by Gasteiger charge is 2.15. The van der Waals surface area contributed by atoms with Crippen molar-refractivity contribution >= 4 is 35.3 Å². The molecule has 3 aromatic rings. The first-order chi connectivity index (χ1) is 17.4. The molecule has 0 aliphatic heterocycles. The number of hydrogen-bond acceptors (Lipinski definition) is 6. The van der Waals surface area contributed by atoms with Crippen LogP contribution in [0.1, 0.15) is 23.6 Å². The molecule has 0 heterocycles. The third kappa shape index (κ3) is 7.42. The minimum Gasteiger partial charge on any atom is -0.490 e. The number of nitrogens with one attached hydrogen (secondary N) is 3. The Morgan fingerprint density at radius 1 is 0.833 bits per heavy atom. The van der Waals surface area contributed by atoms with Crippen LogP contribution >= 0.6 is 0 Å². The van der Waals surface area contributed by atoms with E-state index in [0.29, 0.717) is 35.0 Å². The number of hydrogen-bond donors (Lipinski definition) is 3. The van der Waals surface area contributed by atoms with Crippen molar-refractivity contribution in [3.05, 3.63) is 83.4 Å². The molecule has 0 bridgehead atoms. The van der Waals surface area contributed by atoms with Gasteiger partial charge >= 0.3 is 11.8 Å². The average Bonchev–Trinajstić information content (AvgIpc) is 2.86. The minimum atomic E-state index is -0.900. The molecular weight excluding hydrogens is 460 g/mol. The molecule has 0 radical (unpaired) electrons. The zero-order valence-corrected chi connectivity index (χ0v) is 20.3. The zero-order chi connectivity index (χ0) is 25.9. The van der Waals surface area contributed by atoms with Crippen molar-refractivity contribution in [2.24, 2.45) is 5.10 Å². The Morgan fingerprint density at radius 2 is 1.56 bits per heavy atom. The van der Waals surface area contributed by atoms with Crippen LogP contribution in [0.25, 0.3) is 0 Å². The van der Waals surface area contributed by atoms with Crippen molar-refractivity contribution in [2.45, 2.75) is 20.8 Å². The molecule has 0 saturated carbocycles. The Labute approximate surface area is 209 Å². The molecule has 0 spiro atoms. The average molecular weight is 489 g/mol. The van der Waals surface area contributed by atoms with Crippen molar-refractivity contribution in [3.63, 3.8) is 0 Å². The molecule has 9 nitrogen and oxygen atoms in total. The second-order valence-electron chi connectivity index (χ2n) is 7.76. The van der Waals surface area contributed by atoms with Crippen molar-refractivity contribution in [3.8, 4) is 11.5 Å². The van der Waals surface area contributed by atoms with Gasteiger partial charge in [-0.1, -0.05) is 36.4 Å². The highest BCUT2D eigenvalue weighted by Crippen LogP contribution is 2.28. The number of amides is 3. The summed E-state index contributed by atoms with van der Waals surface area (Å²) in [5, 5.41) is 9.20. The smallest absolute Gasteiger partial charge is 0.329 e. The topological polar surface area (TPSA) is 118 Å². The van der Waals surface area contributed by atoms with Gasteiger partial charge in [0.15, 0.2) is 18.1 Å². The molecular formula is C27H28N4O5. The number of anilines is 2. The van der Waals surface area contributed by atoms with E-state index in [1.54, 1.807) is 30.3 Å². The highest BCUT2D eigenvalue weighted by atomic mass is 16.5. The summed E-state index contributed by atoms with van der Waals surface area (Å²) in [5.41, 5.74) is 5.77. The molecule has 3 amide bonds. The number of hydrazone groups is 1. The maximum Gasteiger partial charge on any atom is 0.329 e.